The van der Waals surface area contributed by atoms with Crippen molar-refractivity contribution in [3.63, 3.8) is 0 Å². The van der Waals surface area contributed by atoms with E-state index in [4.69, 9.17) is 26.7 Å². The fraction of sp³-hybridized carbons (Fsp3) is 0.475. The predicted octanol–water partition coefficient (Wildman–Crippen LogP) is 3.54. The molecule has 0 radical (unpaired) electrons. The van der Waals surface area contributed by atoms with Crippen molar-refractivity contribution in [1.82, 2.24) is 0 Å². The van der Waals surface area contributed by atoms with Crippen molar-refractivity contribution in [2.75, 3.05) is 48.5 Å². The molecule has 0 spiro atoms. The average molecular weight is 1010 g/mol. The van der Waals surface area contributed by atoms with E-state index in [1.165, 1.54) is 18.2 Å². The number of rotatable bonds is 20. The van der Waals surface area contributed by atoms with Gasteiger partial charge in [-0.15, -0.1) is 12.6 Å². The minimum absolute atomic E-state index is 0. The molecule has 0 saturated heterocycles. The van der Waals surface area contributed by atoms with Gasteiger partial charge in [0, 0.05) is 53.2 Å². The SMILES string of the molecule is C.CCCOC(=O)c1cc(C(=O)O)cc2c1C(C)(C)C(/C=C/C=C1/N(CCCS(=O)(=O)O)c3cc(C(=O)O)cc(C(=O)OCCCS(=O)(=O)O)c3C1(C)C)=[N+]2CCCS(=O)(=O)[O-].O=S(=O)=O. The van der Waals surface area contributed by atoms with Gasteiger partial charge in [-0.1, -0.05) is 34.3 Å². The smallest absolute Gasteiger partial charge is 0.425 e. The molecule has 2 aliphatic rings. The molecule has 0 unspecified atom stereocenters. The molecule has 4 N–H and O–H groups in total. The molecule has 66 heavy (non-hydrogen) atoms. The number of benzene rings is 2. The molecule has 0 aromatic heterocycles. The van der Waals surface area contributed by atoms with Crippen molar-refractivity contribution in [3.05, 3.63) is 81.6 Å². The van der Waals surface area contributed by atoms with Crippen molar-refractivity contribution < 1.29 is 95.0 Å². The van der Waals surface area contributed by atoms with E-state index < -0.39 is 99.5 Å². The molecular formula is C40H52N2O20S4. The molecule has 2 aliphatic heterocycles. The molecule has 0 saturated carbocycles. The van der Waals surface area contributed by atoms with Gasteiger partial charge in [0.1, 0.15) is 6.54 Å². The Morgan fingerprint density at radius 1 is 0.758 bits per heavy atom. The highest BCUT2D eigenvalue weighted by Crippen LogP contribution is 2.50. The number of ether oxygens (including phenoxy) is 2. The van der Waals surface area contributed by atoms with E-state index in [9.17, 15) is 63.8 Å². The summed E-state index contributed by atoms with van der Waals surface area (Å²) >= 11 is 0. The third-order valence-corrected chi connectivity index (χ3v) is 12.5. The van der Waals surface area contributed by atoms with Crippen molar-refractivity contribution in [2.24, 2.45) is 0 Å². The summed E-state index contributed by atoms with van der Waals surface area (Å²) in [6.45, 7) is 8.04. The zero-order valence-corrected chi connectivity index (χ0v) is 38.9. The number of hydrogen-bond acceptors (Lipinski definition) is 17. The molecule has 2 aromatic rings. The number of aromatic carboxylic acids is 2. The highest BCUT2D eigenvalue weighted by molar-refractivity contribution is 7.86. The largest absolute Gasteiger partial charge is 0.748 e. The summed E-state index contributed by atoms with van der Waals surface area (Å²) in [5, 5.41) is 20.0. The first-order chi connectivity index (χ1) is 29.8. The molecule has 0 amide bonds. The molecule has 4 rings (SSSR count). The summed E-state index contributed by atoms with van der Waals surface area (Å²) in [5.41, 5.74) is -1.21. The minimum atomic E-state index is -4.66. The zero-order valence-electron chi connectivity index (χ0n) is 35.7. The van der Waals surface area contributed by atoms with Crippen LogP contribution in [0.25, 0.3) is 0 Å². The number of fused-ring (bicyclic) bond motifs is 2. The van der Waals surface area contributed by atoms with E-state index in [0.717, 1.165) is 6.07 Å². The number of hydrogen-bond donors (Lipinski definition) is 4. The highest BCUT2D eigenvalue weighted by Gasteiger charge is 2.48. The van der Waals surface area contributed by atoms with Gasteiger partial charge in [0.15, 0.2) is 5.71 Å². The predicted molar refractivity (Wildman–Crippen MR) is 236 cm³/mol. The van der Waals surface area contributed by atoms with Crippen molar-refractivity contribution in [1.29, 1.82) is 0 Å². The quantitative estimate of drug-likeness (QED) is 0.0637. The maximum absolute atomic E-state index is 13.6. The first-order valence-corrected chi connectivity index (χ1v) is 25.2. The van der Waals surface area contributed by atoms with E-state index in [1.807, 2.05) is 0 Å². The topological polar surface area (TPSA) is 351 Å². The third kappa shape index (κ3) is 14.8. The van der Waals surface area contributed by atoms with Gasteiger partial charge in [-0.05, 0) is 57.4 Å². The van der Waals surface area contributed by atoms with Gasteiger partial charge in [-0.3, -0.25) is 9.11 Å². The van der Waals surface area contributed by atoms with Crippen LogP contribution in [0.2, 0.25) is 0 Å². The lowest BCUT2D eigenvalue weighted by Crippen LogP contribution is -2.30. The molecule has 2 heterocycles. The van der Waals surface area contributed by atoms with Crippen LogP contribution in [-0.2, 0) is 61.3 Å². The van der Waals surface area contributed by atoms with Gasteiger partial charge in [0.2, 0.25) is 5.69 Å². The molecule has 0 aliphatic carbocycles. The van der Waals surface area contributed by atoms with E-state index in [2.05, 4.69) is 0 Å². The van der Waals surface area contributed by atoms with E-state index in [1.54, 1.807) is 62.3 Å². The van der Waals surface area contributed by atoms with Gasteiger partial charge >= 0.3 is 34.5 Å². The molecule has 26 heteroatoms. The second kappa shape index (κ2) is 22.4. The van der Waals surface area contributed by atoms with E-state index in [0.29, 0.717) is 23.4 Å². The number of carbonyl (C=O) groups excluding carboxylic acids is 2. The Kier molecular flexibility index (Phi) is 19.3. The van der Waals surface area contributed by atoms with Gasteiger partial charge in [-0.25, -0.2) is 27.6 Å². The zero-order chi connectivity index (χ0) is 49.5. The summed E-state index contributed by atoms with van der Waals surface area (Å²) < 4.78 is 137. The van der Waals surface area contributed by atoms with Crippen LogP contribution in [0.5, 0.6) is 0 Å². The molecule has 0 fully saturated rings. The Morgan fingerprint density at radius 3 is 1.76 bits per heavy atom. The van der Waals surface area contributed by atoms with Crippen LogP contribution < -0.4 is 4.90 Å². The third-order valence-electron chi connectivity index (χ3n) is 10.1. The number of carboxylic acids is 2. The Labute approximate surface area is 383 Å². The minimum Gasteiger partial charge on any atom is -0.748 e. The lowest BCUT2D eigenvalue weighted by molar-refractivity contribution is -0.437. The van der Waals surface area contributed by atoms with Gasteiger partial charge in [-0.2, -0.15) is 21.4 Å². The fourth-order valence-electron chi connectivity index (χ4n) is 7.62. The van der Waals surface area contributed by atoms with Gasteiger partial charge < -0.3 is 29.1 Å². The van der Waals surface area contributed by atoms with Crippen LogP contribution in [0.3, 0.4) is 0 Å². The lowest BCUT2D eigenvalue weighted by atomic mass is 9.78. The van der Waals surface area contributed by atoms with Crippen LogP contribution >= 0.6 is 0 Å². The molecule has 366 valence electrons. The Morgan fingerprint density at radius 2 is 1.26 bits per heavy atom. The number of nitrogens with zero attached hydrogens (tertiary/aromatic N) is 2. The maximum atomic E-state index is 13.6. The Balaban J connectivity index is 0.00000287. The van der Waals surface area contributed by atoms with Crippen LogP contribution in [0.1, 0.15) is 120 Å². The number of allylic oxidation sites excluding steroid dienone is 4. The summed E-state index contributed by atoms with van der Waals surface area (Å²) in [6, 6.07) is 4.90. The Hall–Kier alpha value is -5.38. The summed E-state index contributed by atoms with van der Waals surface area (Å²) in [4.78, 5) is 53.2. The molecule has 0 bridgehead atoms. The monoisotopic (exact) mass is 1010 g/mol. The van der Waals surface area contributed by atoms with Gasteiger partial charge in [0.25, 0.3) is 20.2 Å². The summed E-state index contributed by atoms with van der Waals surface area (Å²) in [5.74, 6) is -6.72. The van der Waals surface area contributed by atoms with E-state index >= 15 is 0 Å². The molecule has 22 nitrogen and oxygen atoms in total. The first kappa shape index (κ1) is 56.7. The van der Waals surface area contributed by atoms with Crippen molar-refractivity contribution >= 4 is 81.9 Å². The second-order valence-corrected chi connectivity index (χ2v) is 20.7. The molecule has 0 atom stereocenters. The van der Waals surface area contributed by atoms with Crippen LogP contribution in [0, 0.1) is 0 Å². The summed E-state index contributed by atoms with van der Waals surface area (Å²) in [6.07, 6.45) is 4.64. The van der Waals surface area contributed by atoms with E-state index in [-0.39, 0.29) is 85.6 Å². The number of carbonyl (C=O) groups is 4. The highest BCUT2D eigenvalue weighted by atomic mass is 32.2. The van der Waals surface area contributed by atoms with Gasteiger partial charge in [0.05, 0.1) is 68.1 Å². The molecular weight excluding hydrogens is 957 g/mol. The standard InChI is InChI=1S/C39H48N2O17S3.CH4.O3S/c1-6-15-57-36(46)26-20-24(34(42)43)22-28-32(26)38(2,3)30(40(28)13-8-17-59(48,49)50)11-7-12-31-39(4,5)33-27(37(47)58-16-10-19-61(54,55)56)21-25(35(44)45)23-29(33)41(31)14-9-18-60(51,52)53;;1-4(2)3/h7,11-12,20-23H,6,8-10,13-19H2,1-5H3,(H4-,42,43,44,45,48,49,50,51,52,53,54,55,56);1H4;. The normalized spacial score (nSPS) is 15.6. The maximum Gasteiger partial charge on any atom is 0.425 e. The van der Waals surface area contributed by atoms with Crippen LogP contribution in [-0.4, -0.2) is 139 Å². The van der Waals surface area contributed by atoms with Crippen LogP contribution in [0.4, 0.5) is 11.4 Å². The second-order valence-electron chi connectivity index (χ2n) is 15.7. The fourth-order valence-corrected chi connectivity index (χ4v) is 9.08. The first-order valence-electron chi connectivity index (χ1n) is 19.4. The summed E-state index contributed by atoms with van der Waals surface area (Å²) in [7, 11) is -16.6. The molecule has 2 aromatic carbocycles. The lowest BCUT2D eigenvalue weighted by Gasteiger charge is -2.27. The number of esters is 2. The average Bonchev–Trinajstić information content (AvgIpc) is 3.51. The van der Waals surface area contributed by atoms with Crippen molar-refractivity contribution in [3.8, 4) is 0 Å². The number of anilines is 1. The Bertz CT molecular complexity index is 2790. The number of carboxylic acid groups (broad SMARTS) is 2. The van der Waals surface area contributed by atoms with Crippen LogP contribution in [0.15, 0.2) is 48.2 Å². The van der Waals surface area contributed by atoms with Crippen molar-refractivity contribution in [2.45, 2.75) is 78.6 Å².